The monoisotopic (exact) mass is 759 g/mol. The molecule has 1 unspecified atom stereocenters. The van der Waals surface area contributed by atoms with Gasteiger partial charge in [0.05, 0.1) is 35.0 Å². The minimum absolute atomic E-state index is 0.151. The van der Waals surface area contributed by atoms with Gasteiger partial charge in [-0.3, -0.25) is 38.5 Å². The molecule has 5 heterocycles. The number of fused-ring (bicyclic) bond motifs is 2. The standard InChI is InChI=1S/C38H40F3N9O5/c1-47-34-26(3-2-4-30(34)50(38(47)54)31-11-12-32(51)45-36(31)53)25-13-14-48(20-27(25)39)18-21-5-8-24(9-6-21)49-19-22-15-23(7-10-28(22)46-49)43-35(52)29-16-42-17-33(44-29)55-37(40)41/h2-4,7,10,15-17,19,21,24-25,27,31,37H,5-6,8-9,11-14,18,20H2,1H3,(H,43,52)(H,45,51,53)/t21?,24?,25-,27+,31?/m0/s1. The van der Waals surface area contributed by atoms with E-state index in [9.17, 15) is 28.0 Å². The molecule has 8 rings (SSSR count). The Kier molecular flexibility index (Phi) is 9.88. The van der Waals surface area contributed by atoms with Crippen molar-refractivity contribution in [2.24, 2.45) is 13.0 Å². The zero-order chi connectivity index (χ0) is 38.4. The molecule has 3 aromatic heterocycles. The second-order valence-electron chi connectivity index (χ2n) is 14.7. The summed E-state index contributed by atoms with van der Waals surface area (Å²) in [6, 6.07) is 10.2. The third-order valence-corrected chi connectivity index (χ3v) is 11.2. The number of amides is 3. The van der Waals surface area contributed by atoms with E-state index < -0.39 is 42.4 Å². The summed E-state index contributed by atoms with van der Waals surface area (Å²) in [6.45, 7) is -1.25. The highest BCUT2D eigenvalue weighted by atomic mass is 19.3. The molecular formula is C38H40F3N9O5. The Morgan fingerprint density at radius 2 is 1.87 bits per heavy atom. The first-order chi connectivity index (χ1) is 26.5. The number of likely N-dealkylation sites (tertiary alicyclic amines) is 1. The lowest BCUT2D eigenvalue weighted by Gasteiger charge is -2.38. The van der Waals surface area contributed by atoms with Crippen LogP contribution in [0, 0.1) is 5.92 Å². The second kappa shape index (κ2) is 14.9. The zero-order valence-corrected chi connectivity index (χ0v) is 30.0. The number of imide groups is 1. The number of nitrogens with zero attached hydrogens (tertiary/aromatic N) is 7. The molecule has 0 spiro atoms. The molecule has 17 heteroatoms. The van der Waals surface area contributed by atoms with E-state index in [0.717, 1.165) is 67.6 Å². The van der Waals surface area contributed by atoms with Crippen LogP contribution in [0.3, 0.4) is 0 Å². The highest BCUT2D eigenvalue weighted by Crippen LogP contribution is 2.38. The molecule has 0 bridgehead atoms. The number of imidazole rings is 1. The van der Waals surface area contributed by atoms with Gasteiger partial charge in [0, 0.05) is 49.7 Å². The molecule has 0 radical (unpaired) electrons. The molecule has 2 aliphatic heterocycles. The van der Waals surface area contributed by atoms with Crippen molar-refractivity contribution in [3.8, 4) is 5.88 Å². The van der Waals surface area contributed by atoms with Crippen LogP contribution in [0.2, 0.25) is 0 Å². The smallest absolute Gasteiger partial charge is 0.388 e. The van der Waals surface area contributed by atoms with Gasteiger partial charge in [-0.15, -0.1) is 0 Å². The summed E-state index contributed by atoms with van der Waals surface area (Å²) < 4.78 is 50.3. The van der Waals surface area contributed by atoms with E-state index in [2.05, 4.69) is 30.2 Å². The van der Waals surface area contributed by atoms with Gasteiger partial charge in [0.25, 0.3) is 5.91 Å². The first-order valence-electron chi connectivity index (χ1n) is 18.5. The Hall–Kier alpha value is -5.58. The minimum Gasteiger partial charge on any atom is -0.415 e. The zero-order valence-electron chi connectivity index (χ0n) is 30.0. The van der Waals surface area contributed by atoms with Crippen molar-refractivity contribution in [2.75, 3.05) is 25.0 Å². The maximum Gasteiger partial charge on any atom is 0.388 e. The molecule has 2 N–H and O–H groups in total. The van der Waals surface area contributed by atoms with Crippen LogP contribution in [0.1, 0.15) is 79.0 Å². The first-order valence-corrected chi connectivity index (χ1v) is 18.5. The number of ether oxygens (including phenoxy) is 1. The predicted molar refractivity (Wildman–Crippen MR) is 195 cm³/mol. The molecule has 3 atom stereocenters. The van der Waals surface area contributed by atoms with Crippen LogP contribution in [-0.2, 0) is 16.6 Å². The largest absolute Gasteiger partial charge is 0.415 e. The minimum atomic E-state index is -3.08. The van der Waals surface area contributed by atoms with Crippen LogP contribution in [-0.4, -0.2) is 83.9 Å². The number of hydrogen-bond acceptors (Lipinski definition) is 9. The van der Waals surface area contributed by atoms with E-state index in [-0.39, 0.29) is 36.2 Å². The lowest BCUT2D eigenvalue weighted by atomic mass is 9.83. The Morgan fingerprint density at radius 3 is 2.64 bits per heavy atom. The SMILES string of the molecule is Cn1c(=O)n(C2CCC(=O)NC2=O)c2cccc([C@@H]3CCN(CC4CCC(n5cc6cc(NC(=O)c7cncc(OC(F)F)n7)ccc6n5)CC4)C[C@H]3F)c21. The number of para-hydroxylation sites is 1. The van der Waals surface area contributed by atoms with E-state index in [1.165, 1.54) is 9.13 Å². The topological polar surface area (TPSA) is 158 Å². The Morgan fingerprint density at radius 1 is 1.05 bits per heavy atom. The molecule has 55 heavy (non-hydrogen) atoms. The summed E-state index contributed by atoms with van der Waals surface area (Å²) >= 11 is 0. The molecular weight excluding hydrogens is 719 g/mol. The van der Waals surface area contributed by atoms with Crippen LogP contribution < -0.4 is 21.1 Å². The fraction of sp³-hybridized carbons (Fsp3) is 0.447. The predicted octanol–water partition coefficient (Wildman–Crippen LogP) is 4.87. The molecule has 3 aliphatic rings. The van der Waals surface area contributed by atoms with Gasteiger partial charge in [-0.25, -0.2) is 14.2 Å². The van der Waals surface area contributed by atoms with E-state index in [1.54, 1.807) is 31.3 Å². The fourth-order valence-corrected chi connectivity index (χ4v) is 8.55. The number of hydrogen-bond donors (Lipinski definition) is 2. The number of rotatable bonds is 9. The molecule has 1 aliphatic carbocycles. The van der Waals surface area contributed by atoms with Gasteiger partial charge in [0.15, 0.2) is 5.69 Å². The Labute approximate surface area is 312 Å². The van der Waals surface area contributed by atoms with Crippen molar-refractivity contribution in [1.82, 2.24) is 39.1 Å². The van der Waals surface area contributed by atoms with Gasteiger partial charge in [-0.1, -0.05) is 12.1 Å². The number of aryl methyl sites for hydroxylation is 1. The number of anilines is 1. The molecule has 2 aromatic carbocycles. The van der Waals surface area contributed by atoms with E-state index in [1.807, 2.05) is 23.0 Å². The number of halogens is 3. The summed E-state index contributed by atoms with van der Waals surface area (Å²) in [6.07, 6.45) is 7.78. The van der Waals surface area contributed by atoms with E-state index >= 15 is 4.39 Å². The van der Waals surface area contributed by atoms with Gasteiger partial charge >= 0.3 is 12.3 Å². The maximum absolute atomic E-state index is 16.1. The van der Waals surface area contributed by atoms with Crippen molar-refractivity contribution < 1.29 is 32.3 Å². The number of aromatic nitrogens is 6. The van der Waals surface area contributed by atoms with Crippen LogP contribution in [0.4, 0.5) is 18.9 Å². The molecule has 3 fully saturated rings. The van der Waals surface area contributed by atoms with Gasteiger partial charge in [0.2, 0.25) is 17.7 Å². The van der Waals surface area contributed by atoms with Gasteiger partial charge in [-0.2, -0.15) is 13.9 Å². The number of alkyl halides is 3. The van der Waals surface area contributed by atoms with E-state index in [0.29, 0.717) is 35.6 Å². The molecule has 1 saturated carbocycles. The molecule has 5 aromatic rings. The number of nitrogens with one attached hydrogen (secondary N) is 2. The van der Waals surface area contributed by atoms with Crippen LogP contribution in [0.25, 0.3) is 21.9 Å². The van der Waals surface area contributed by atoms with Gasteiger partial charge < -0.3 is 15.0 Å². The van der Waals surface area contributed by atoms with Crippen molar-refractivity contribution in [2.45, 2.75) is 75.7 Å². The molecule has 2 saturated heterocycles. The highest BCUT2D eigenvalue weighted by Gasteiger charge is 2.36. The normalized spacial score (nSPS) is 23.7. The van der Waals surface area contributed by atoms with Crippen LogP contribution >= 0.6 is 0 Å². The third kappa shape index (κ3) is 7.32. The fourth-order valence-electron chi connectivity index (χ4n) is 8.55. The summed E-state index contributed by atoms with van der Waals surface area (Å²) in [7, 11) is 1.65. The quantitative estimate of drug-likeness (QED) is 0.200. The van der Waals surface area contributed by atoms with Crippen molar-refractivity contribution in [3.63, 3.8) is 0 Å². The summed E-state index contributed by atoms with van der Waals surface area (Å²) in [5, 5.41) is 10.7. The van der Waals surface area contributed by atoms with Crippen LogP contribution in [0.5, 0.6) is 5.88 Å². The lowest BCUT2D eigenvalue weighted by Crippen LogP contribution is -2.44. The van der Waals surface area contributed by atoms with Crippen molar-refractivity contribution in [3.05, 3.63) is 76.7 Å². The molecule has 3 amide bonds. The number of benzene rings is 2. The van der Waals surface area contributed by atoms with Gasteiger partial charge in [0.1, 0.15) is 12.2 Å². The van der Waals surface area contributed by atoms with E-state index in [4.69, 9.17) is 5.10 Å². The van der Waals surface area contributed by atoms with Gasteiger partial charge in [-0.05, 0) is 80.8 Å². The van der Waals surface area contributed by atoms with Crippen LogP contribution in [0.15, 0.2) is 59.8 Å². The number of carbonyl (C=O) groups is 3. The Balaban J connectivity index is 0.868. The molecule has 288 valence electrons. The summed E-state index contributed by atoms with van der Waals surface area (Å²) in [5.41, 5.74) is 2.70. The Bertz CT molecular complexity index is 2330. The van der Waals surface area contributed by atoms with Crippen molar-refractivity contribution >= 4 is 45.3 Å². The number of piperidine rings is 2. The third-order valence-electron chi connectivity index (χ3n) is 11.2. The second-order valence-corrected chi connectivity index (χ2v) is 14.7. The highest BCUT2D eigenvalue weighted by molar-refractivity contribution is 6.03. The first kappa shape index (κ1) is 36.4. The number of carbonyl (C=O) groups excluding carboxylic acids is 3. The maximum atomic E-state index is 16.1. The summed E-state index contributed by atoms with van der Waals surface area (Å²) in [5.74, 6) is -1.89. The average Bonchev–Trinajstić information content (AvgIpc) is 3.70. The van der Waals surface area contributed by atoms with Crippen molar-refractivity contribution in [1.29, 1.82) is 0 Å². The lowest BCUT2D eigenvalue weighted by molar-refractivity contribution is -0.135. The molecule has 14 nitrogen and oxygen atoms in total. The average molecular weight is 760 g/mol. The summed E-state index contributed by atoms with van der Waals surface area (Å²) in [4.78, 5) is 60.3.